The summed E-state index contributed by atoms with van der Waals surface area (Å²) in [5, 5.41) is 0. The van der Waals surface area contributed by atoms with E-state index in [1.54, 1.807) is 0 Å². The van der Waals surface area contributed by atoms with Crippen LogP contribution in [-0.2, 0) is 11.3 Å². The van der Waals surface area contributed by atoms with Gasteiger partial charge in [0, 0.05) is 19.0 Å². The lowest BCUT2D eigenvalue weighted by atomic mass is 9.61. The van der Waals surface area contributed by atoms with Crippen LogP contribution in [0.1, 0.15) is 18.9 Å². The molecule has 0 aromatic heterocycles. The minimum Gasteiger partial charge on any atom is -0.445 e. The topological polar surface area (TPSA) is 29.5 Å². The average molecular weight is 257 g/mol. The Balaban J connectivity index is 1.56. The summed E-state index contributed by atoms with van der Waals surface area (Å²) in [7, 11) is 0. The van der Waals surface area contributed by atoms with Crippen LogP contribution in [0.4, 0.5) is 4.79 Å². The summed E-state index contributed by atoms with van der Waals surface area (Å²) in [4.78, 5) is 13.9. The number of rotatable bonds is 2. The van der Waals surface area contributed by atoms with Crippen LogP contribution in [0.3, 0.4) is 0 Å². The highest BCUT2D eigenvalue weighted by atomic mass is 16.6. The van der Waals surface area contributed by atoms with Crippen molar-refractivity contribution < 1.29 is 9.53 Å². The molecule has 1 aromatic carbocycles. The molecule has 1 saturated heterocycles. The van der Waals surface area contributed by atoms with Gasteiger partial charge in [0.2, 0.25) is 0 Å². The van der Waals surface area contributed by atoms with Crippen LogP contribution in [0.2, 0.25) is 0 Å². The van der Waals surface area contributed by atoms with E-state index in [2.05, 4.69) is 13.5 Å². The van der Waals surface area contributed by atoms with Crippen molar-refractivity contribution in [3.8, 4) is 0 Å². The van der Waals surface area contributed by atoms with Gasteiger partial charge in [-0.15, -0.1) is 0 Å². The average Bonchev–Trinajstić information content (AvgIpc) is 2.69. The highest BCUT2D eigenvalue weighted by Crippen LogP contribution is 2.54. The molecule has 1 aliphatic carbocycles. The third-order valence-corrected chi connectivity index (χ3v) is 4.38. The van der Waals surface area contributed by atoms with Crippen molar-refractivity contribution in [2.45, 2.75) is 20.0 Å². The predicted molar refractivity (Wildman–Crippen MR) is 73.6 cm³/mol. The first-order valence-corrected chi connectivity index (χ1v) is 6.72. The zero-order valence-corrected chi connectivity index (χ0v) is 11.3. The zero-order valence-electron chi connectivity index (χ0n) is 11.3. The van der Waals surface area contributed by atoms with E-state index < -0.39 is 0 Å². The van der Waals surface area contributed by atoms with Gasteiger partial charge in [0.1, 0.15) is 6.61 Å². The molecule has 2 atom stereocenters. The fourth-order valence-corrected chi connectivity index (χ4v) is 3.31. The molecule has 3 rings (SSSR count). The number of fused-ring (bicyclic) bond motifs is 1. The van der Waals surface area contributed by atoms with Crippen molar-refractivity contribution in [3.63, 3.8) is 0 Å². The van der Waals surface area contributed by atoms with Crippen molar-refractivity contribution in [1.29, 1.82) is 0 Å². The summed E-state index contributed by atoms with van der Waals surface area (Å²) >= 11 is 0. The Bertz CT molecular complexity index is 511. The number of nitrogens with zero attached hydrogens (tertiary/aromatic N) is 1. The van der Waals surface area contributed by atoms with Crippen LogP contribution in [-0.4, -0.2) is 24.1 Å². The largest absolute Gasteiger partial charge is 0.445 e. The van der Waals surface area contributed by atoms with Crippen molar-refractivity contribution >= 4 is 6.09 Å². The standard InChI is InChI=1S/C16H19NO2/c1-12-8-16(2)11-17(9-14(12)16)15(18)19-10-13-6-4-3-5-7-13/h3-7,14H,1,8-11H2,2H3/t14-,16-/m0/s1. The first-order valence-electron chi connectivity index (χ1n) is 6.72. The normalized spacial score (nSPS) is 28.8. The molecule has 1 aromatic rings. The molecule has 0 radical (unpaired) electrons. The molecule has 100 valence electrons. The molecule has 0 bridgehead atoms. The molecule has 1 saturated carbocycles. The Morgan fingerprint density at radius 1 is 1.47 bits per heavy atom. The van der Waals surface area contributed by atoms with Gasteiger partial charge in [0.25, 0.3) is 0 Å². The number of ether oxygens (including phenoxy) is 1. The van der Waals surface area contributed by atoms with E-state index in [4.69, 9.17) is 4.74 Å². The lowest BCUT2D eigenvalue weighted by Crippen LogP contribution is -2.38. The summed E-state index contributed by atoms with van der Waals surface area (Å²) in [5.74, 6) is 0.469. The molecule has 3 nitrogen and oxygen atoms in total. The van der Waals surface area contributed by atoms with E-state index in [0.29, 0.717) is 12.5 Å². The molecule has 1 aliphatic heterocycles. The van der Waals surface area contributed by atoms with Gasteiger partial charge in [-0.05, 0) is 17.4 Å². The lowest BCUT2D eigenvalue weighted by Gasteiger charge is -2.42. The van der Waals surface area contributed by atoms with E-state index in [0.717, 1.165) is 25.1 Å². The van der Waals surface area contributed by atoms with Crippen molar-refractivity contribution in [3.05, 3.63) is 48.0 Å². The van der Waals surface area contributed by atoms with Gasteiger partial charge in [-0.3, -0.25) is 0 Å². The molecular weight excluding hydrogens is 238 g/mol. The number of hydrogen-bond acceptors (Lipinski definition) is 2. The number of benzene rings is 1. The molecular formula is C16H19NO2. The Morgan fingerprint density at radius 3 is 2.84 bits per heavy atom. The van der Waals surface area contributed by atoms with Crippen LogP contribution in [0.5, 0.6) is 0 Å². The second-order valence-corrected chi connectivity index (χ2v) is 5.96. The van der Waals surface area contributed by atoms with Crippen LogP contribution in [0, 0.1) is 11.3 Å². The van der Waals surface area contributed by atoms with Gasteiger partial charge in [-0.2, -0.15) is 0 Å². The van der Waals surface area contributed by atoms with Gasteiger partial charge >= 0.3 is 6.09 Å². The van der Waals surface area contributed by atoms with Gasteiger partial charge in [0.15, 0.2) is 0 Å². The third kappa shape index (κ3) is 2.14. The van der Waals surface area contributed by atoms with Gasteiger partial charge in [0.05, 0.1) is 0 Å². The summed E-state index contributed by atoms with van der Waals surface area (Å²) < 4.78 is 5.37. The number of amides is 1. The fraction of sp³-hybridized carbons (Fsp3) is 0.438. The first kappa shape index (κ1) is 12.3. The number of hydrogen-bond donors (Lipinski definition) is 0. The minimum atomic E-state index is -0.202. The maximum absolute atomic E-state index is 12.1. The van der Waals surface area contributed by atoms with E-state index >= 15 is 0 Å². The van der Waals surface area contributed by atoms with E-state index in [1.165, 1.54) is 5.57 Å². The summed E-state index contributed by atoms with van der Waals surface area (Å²) in [6.45, 7) is 8.20. The second-order valence-electron chi connectivity index (χ2n) is 5.96. The SMILES string of the molecule is C=C1C[C@@]2(C)CN(C(=O)OCc3ccccc3)C[C@@H]12. The van der Waals surface area contributed by atoms with Crippen LogP contribution in [0.15, 0.2) is 42.5 Å². The molecule has 0 spiro atoms. The smallest absolute Gasteiger partial charge is 0.410 e. The fourth-order valence-electron chi connectivity index (χ4n) is 3.31. The zero-order chi connectivity index (χ0) is 13.5. The summed E-state index contributed by atoms with van der Waals surface area (Å²) in [6, 6.07) is 9.78. The van der Waals surface area contributed by atoms with Crippen molar-refractivity contribution in [2.24, 2.45) is 11.3 Å². The van der Waals surface area contributed by atoms with Gasteiger partial charge in [-0.25, -0.2) is 4.79 Å². The summed E-state index contributed by atoms with van der Waals surface area (Å²) in [5.41, 5.74) is 2.54. The molecule has 2 fully saturated rings. The Hall–Kier alpha value is -1.77. The van der Waals surface area contributed by atoms with Crippen molar-refractivity contribution in [1.82, 2.24) is 4.90 Å². The van der Waals surface area contributed by atoms with E-state index in [-0.39, 0.29) is 11.5 Å². The van der Waals surface area contributed by atoms with Gasteiger partial charge < -0.3 is 9.64 Å². The molecule has 19 heavy (non-hydrogen) atoms. The molecule has 3 heteroatoms. The second kappa shape index (κ2) is 4.41. The van der Waals surface area contributed by atoms with Crippen LogP contribution in [0.25, 0.3) is 0 Å². The van der Waals surface area contributed by atoms with Crippen molar-refractivity contribution in [2.75, 3.05) is 13.1 Å². The molecule has 0 N–H and O–H groups in total. The van der Waals surface area contributed by atoms with E-state index in [9.17, 15) is 4.79 Å². The first-order chi connectivity index (χ1) is 9.08. The van der Waals surface area contributed by atoms with E-state index in [1.807, 2.05) is 35.2 Å². The third-order valence-electron chi connectivity index (χ3n) is 4.38. The number of likely N-dealkylation sites (tertiary alicyclic amines) is 1. The van der Waals surface area contributed by atoms with Crippen LogP contribution < -0.4 is 0 Å². The maximum Gasteiger partial charge on any atom is 0.410 e. The lowest BCUT2D eigenvalue weighted by molar-refractivity contribution is 0.100. The molecule has 1 amide bonds. The highest BCUT2D eigenvalue weighted by molar-refractivity contribution is 5.68. The molecule has 1 heterocycles. The number of carbonyl (C=O) groups excluding carboxylic acids is 1. The quantitative estimate of drug-likeness (QED) is 0.761. The Kier molecular flexibility index (Phi) is 2.85. The monoisotopic (exact) mass is 257 g/mol. The Morgan fingerprint density at radius 2 is 2.21 bits per heavy atom. The minimum absolute atomic E-state index is 0.202. The summed E-state index contributed by atoms with van der Waals surface area (Å²) in [6.07, 6.45) is 0.840. The number of carbonyl (C=O) groups is 1. The molecule has 0 unspecified atom stereocenters. The Labute approximate surface area is 113 Å². The molecule has 2 aliphatic rings. The van der Waals surface area contributed by atoms with Crippen LogP contribution >= 0.6 is 0 Å². The highest BCUT2D eigenvalue weighted by Gasteiger charge is 2.53. The predicted octanol–water partition coefficient (Wildman–Crippen LogP) is 3.22. The van der Waals surface area contributed by atoms with Gasteiger partial charge in [-0.1, -0.05) is 49.4 Å². The maximum atomic E-state index is 12.1.